The fraction of sp³-hybridized carbons (Fsp3) is 0.250. The van der Waals surface area contributed by atoms with Crippen molar-refractivity contribution in [2.24, 2.45) is 10.9 Å². The lowest BCUT2D eigenvalue weighted by molar-refractivity contribution is -0.181. The first-order chi connectivity index (χ1) is 15.1. The standard InChI is InChI=1S/C24H21N3O4/c28-14-17-10-11-26(13-17)19-8-6-18-7-9-21-22(20(18)12-19)27(24(30)23(29)25-21)31-15-16-4-2-1-3-5-16/h1-5,10-14,18H,6-9,15H2. The summed E-state index contributed by atoms with van der Waals surface area (Å²) in [5, 5.41) is 1.14. The van der Waals surface area contributed by atoms with Crippen molar-refractivity contribution in [3.05, 3.63) is 77.3 Å². The summed E-state index contributed by atoms with van der Waals surface area (Å²) >= 11 is 0. The molecule has 156 valence electrons. The minimum atomic E-state index is -0.799. The molecular formula is C24H21N3O4. The van der Waals surface area contributed by atoms with Crippen LogP contribution < -0.4 is 0 Å². The number of fused-ring (bicyclic) bond motifs is 2. The van der Waals surface area contributed by atoms with Crippen LogP contribution in [0.5, 0.6) is 0 Å². The van der Waals surface area contributed by atoms with Gasteiger partial charge in [0, 0.05) is 23.7 Å². The van der Waals surface area contributed by atoms with E-state index in [1.807, 2.05) is 41.1 Å². The molecule has 3 aliphatic rings. The van der Waals surface area contributed by atoms with Crippen molar-refractivity contribution in [3.8, 4) is 0 Å². The summed E-state index contributed by atoms with van der Waals surface area (Å²) in [6, 6.07) is 11.3. The van der Waals surface area contributed by atoms with Crippen molar-refractivity contribution in [2.75, 3.05) is 0 Å². The Morgan fingerprint density at radius 3 is 2.68 bits per heavy atom. The zero-order chi connectivity index (χ0) is 21.4. The Bertz CT molecular complexity index is 1160. The Kier molecular flexibility index (Phi) is 4.95. The van der Waals surface area contributed by atoms with Gasteiger partial charge in [0.25, 0.3) is 0 Å². The molecule has 2 aliphatic carbocycles. The van der Waals surface area contributed by atoms with E-state index in [2.05, 4.69) is 11.1 Å². The van der Waals surface area contributed by atoms with Crippen LogP contribution in [-0.4, -0.2) is 33.4 Å². The second-order valence-corrected chi connectivity index (χ2v) is 7.91. The Morgan fingerprint density at radius 1 is 1.10 bits per heavy atom. The minimum absolute atomic E-state index is 0.172. The number of amides is 2. The number of benzene rings is 1. The Balaban J connectivity index is 1.56. The zero-order valence-electron chi connectivity index (χ0n) is 16.9. The van der Waals surface area contributed by atoms with Gasteiger partial charge in [-0.15, -0.1) is 0 Å². The summed E-state index contributed by atoms with van der Waals surface area (Å²) in [5.41, 5.74) is 4.69. The molecule has 2 amide bonds. The summed E-state index contributed by atoms with van der Waals surface area (Å²) < 4.78 is 1.93. The zero-order valence-corrected chi connectivity index (χ0v) is 16.9. The van der Waals surface area contributed by atoms with Crippen molar-refractivity contribution in [1.29, 1.82) is 0 Å². The van der Waals surface area contributed by atoms with E-state index in [1.165, 1.54) is 0 Å². The molecular weight excluding hydrogens is 394 g/mol. The second-order valence-electron chi connectivity index (χ2n) is 7.91. The van der Waals surface area contributed by atoms with Crippen LogP contribution in [0, 0.1) is 5.92 Å². The maximum Gasteiger partial charge on any atom is 0.342 e. The fourth-order valence-electron chi connectivity index (χ4n) is 4.41. The molecule has 1 aromatic carbocycles. The van der Waals surface area contributed by atoms with Gasteiger partial charge in [0.15, 0.2) is 6.29 Å². The number of aldehydes is 1. The quantitative estimate of drug-likeness (QED) is 0.553. The number of carbonyl (C=O) groups excluding carboxylic acids is 3. The average Bonchev–Trinajstić information content (AvgIpc) is 3.29. The third kappa shape index (κ3) is 3.57. The topological polar surface area (TPSA) is 81.0 Å². The van der Waals surface area contributed by atoms with Gasteiger partial charge in [0.2, 0.25) is 0 Å². The van der Waals surface area contributed by atoms with E-state index in [4.69, 9.17) is 4.84 Å². The second kappa shape index (κ2) is 7.92. The van der Waals surface area contributed by atoms with Gasteiger partial charge in [0.1, 0.15) is 6.61 Å². The van der Waals surface area contributed by atoms with E-state index < -0.39 is 11.8 Å². The van der Waals surface area contributed by atoms with Crippen LogP contribution in [0.15, 0.2) is 71.1 Å². The summed E-state index contributed by atoms with van der Waals surface area (Å²) in [6.07, 6.45) is 9.81. The van der Waals surface area contributed by atoms with Crippen LogP contribution in [0.3, 0.4) is 0 Å². The highest BCUT2D eigenvalue weighted by Gasteiger charge is 2.40. The summed E-state index contributed by atoms with van der Waals surface area (Å²) in [6.45, 7) is 0.172. The highest BCUT2D eigenvalue weighted by Crippen LogP contribution is 2.41. The Labute approximate surface area is 179 Å². The lowest BCUT2D eigenvalue weighted by atomic mass is 9.77. The normalized spacial score (nSPS) is 20.8. The maximum absolute atomic E-state index is 12.7. The number of rotatable bonds is 5. The van der Waals surface area contributed by atoms with Gasteiger partial charge < -0.3 is 4.57 Å². The molecule has 1 aliphatic heterocycles. The van der Waals surface area contributed by atoms with Gasteiger partial charge in [-0.2, -0.15) is 5.06 Å². The molecule has 0 spiro atoms. The first-order valence-corrected chi connectivity index (χ1v) is 10.4. The Hall–Kier alpha value is -3.58. The highest BCUT2D eigenvalue weighted by atomic mass is 16.7. The molecule has 2 aromatic rings. The van der Waals surface area contributed by atoms with E-state index in [1.54, 1.807) is 12.3 Å². The van der Waals surface area contributed by atoms with Crippen molar-refractivity contribution in [3.63, 3.8) is 0 Å². The predicted octanol–water partition coefficient (Wildman–Crippen LogP) is 3.54. The van der Waals surface area contributed by atoms with Crippen LogP contribution in [0.2, 0.25) is 0 Å². The molecule has 0 radical (unpaired) electrons. The largest absolute Gasteiger partial charge is 0.342 e. The summed E-state index contributed by atoms with van der Waals surface area (Å²) in [5.74, 6) is -1.30. The van der Waals surface area contributed by atoms with Gasteiger partial charge in [-0.05, 0) is 54.9 Å². The number of nitrogens with zero attached hydrogens (tertiary/aromatic N) is 3. The van der Waals surface area contributed by atoms with Crippen molar-refractivity contribution in [2.45, 2.75) is 32.3 Å². The molecule has 1 unspecified atom stereocenters. The van der Waals surface area contributed by atoms with Crippen LogP contribution in [0.4, 0.5) is 0 Å². The molecule has 0 N–H and O–H groups in total. The van der Waals surface area contributed by atoms with Crippen LogP contribution in [0.1, 0.15) is 41.6 Å². The molecule has 1 aromatic heterocycles. The highest BCUT2D eigenvalue weighted by molar-refractivity contribution is 6.41. The number of hydrogen-bond acceptors (Lipinski definition) is 4. The molecule has 7 heteroatoms. The van der Waals surface area contributed by atoms with E-state index in [0.29, 0.717) is 23.4 Å². The first-order valence-electron chi connectivity index (χ1n) is 10.4. The molecule has 31 heavy (non-hydrogen) atoms. The maximum atomic E-state index is 12.7. The monoisotopic (exact) mass is 415 g/mol. The van der Waals surface area contributed by atoms with E-state index in [9.17, 15) is 14.4 Å². The number of hydrogen-bond donors (Lipinski definition) is 0. The number of aromatic nitrogens is 1. The van der Waals surface area contributed by atoms with Gasteiger partial charge in [0.05, 0.1) is 11.4 Å². The molecule has 1 atom stereocenters. The van der Waals surface area contributed by atoms with Crippen LogP contribution >= 0.6 is 0 Å². The molecule has 0 bridgehead atoms. The van der Waals surface area contributed by atoms with Crippen molar-refractivity contribution in [1.82, 2.24) is 9.63 Å². The van der Waals surface area contributed by atoms with Crippen LogP contribution in [-0.2, 0) is 21.0 Å². The van der Waals surface area contributed by atoms with Gasteiger partial charge >= 0.3 is 11.8 Å². The Morgan fingerprint density at radius 2 is 1.90 bits per heavy atom. The summed E-state index contributed by atoms with van der Waals surface area (Å²) in [4.78, 5) is 45.9. The van der Waals surface area contributed by atoms with Gasteiger partial charge in [-0.25, -0.2) is 4.99 Å². The fourth-order valence-corrected chi connectivity index (χ4v) is 4.41. The summed E-state index contributed by atoms with van der Waals surface area (Å²) in [7, 11) is 0. The number of hydroxylamine groups is 2. The molecule has 2 heterocycles. The smallest absolute Gasteiger partial charge is 0.327 e. The number of aliphatic imine (C=N–C) groups is 1. The van der Waals surface area contributed by atoms with E-state index in [-0.39, 0.29) is 12.5 Å². The lowest BCUT2D eigenvalue weighted by Crippen LogP contribution is -2.45. The predicted molar refractivity (Wildman–Crippen MR) is 114 cm³/mol. The van der Waals surface area contributed by atoms with Crippen LogP contribution in [0.25, 0.3) is 5.70 Å². The van der Waals surface area contributed by atoms with E-state index in [0.717, 1.165) is 47.4 Å². The molecule has 7 nitrogen and oxygen atoms in total. The number of allylic oxidation sites excluding steroid dienone is 4. The number of carbonyl (C=O) groups is 3. The average molecular weight is 415 g/mol. The van der Waals surface area contributed by atoms with Gasteiger partial charge in [-0.1, -0.05) is 30.3 Å². The third-order valence-corrected chi connectivity index (χ3v) is 5.98. The van der Waals surface area contributed by atoms with Crippen molar-refractivity contribution < 1.29 is 19.2 Å². The first kappa shape index (κ1) is 19.4. The molecule has 0 fully saturated rings. The SMILES string of the molecule is O=Cc1ccn(C2=CC3=C4C(=NC(=O)C(=O)N4OCc4ccccc4)CCC3CC2)c1. The van der Waals surface area contributed by atoms with E-state index >= 15 is 0 Å². The third-order valence-electron chi connectivity index (χ3n) is 5.98. The molecule has 0 saturated heterocycles. The van der Waals surface area contributed by atoms with Gasteiger partial charge in [-0.3, -0.25) is 19.2 Å². The molecule has 5 rings (SSSR count). The lowest BCUT2D eigenvalue weighted by Gasteiger charge is -2.37. The molecule has 0 saturated carbocycles. The minimum Gasteiger partial charge on any atom is -0.327 e. The van der Waals surface area contributed by atoms with Crippen molar-refractivity contribution >= 4 is 29.5 Å².